The Morgan fingerprint density at radius 2 is 1.69 bits per heavy atom. The van der Waals surface area contributed by atoms with Gasteiger partial charge >= 0.3 is 0 Å². The molecule has 2 aromatic heterocycles. The summed E-state index contributed by atoms with van der Waals surface area (Å²) in [6.45, 7) is 2.12. The monoisotopic (exact) mass is 416 g/mol. The summed E-state index contributed by atoms with van der Waals surface area (Å²) in [6, 6.07) is 16.8. The first kappa shape index (κ1) is 19.0. The van der Waals surface area contributed by atoms with Crippen LogP contribution in [0.5, 0.6) is 0 Å². The van der Waals surface area contributed by atoms with Gasteiger partial charge in [0.1, 0.15) is 11.3 Å². The van der Waals surface area contributed by atoms with E-state index >= 15 is 0 Å². The molecule has 0 spiro atoms. The quantitative estimate of drug-likeness (QED) is 0.346. The molecule has 6 rings (SSSR count). The predicted molar refractivity (Wildman–Crippen MR) is 131 cm³/mol. The fourth-order valence-electron chi connectivity index (χ4n) is 4.67. The van der Waals surface area contributed by atoms with Gasteiger partial charge in [-0.2, -0.15) is 0 Å². The van der Waals surface area contributed by atoms with Crippen LogP contribution in [0.25, 0.3) is 45.1 Å². The van der Waals surface area contributed by atoms with Crippen LogP contribution < -0.4 is 0 Å². The van der Waals surface area contributed by atoms with Crippen LogP contribution in [0.2, 0.25) is 0 Å². The summed E-state index contributed by atoms with van der Waals surface area (Å²) in [5.74, 6) is 1.85. The third-order valence-electron chi connectivity index (χ3n) is 6.20. The van der Waals surface area contributed by atoms with E-state index in [4.69, 9.17) is 14.4 Å². The first-order valence-electron chi connectivity index (χ1n) is 11.3. The van der Waals surface area contributed by atoms with Crippen molar-refractivity contribution in [2.45, 2.75) is 32.6 Å². The fraction of sp³-hybridized carbons (Fsp3) is 0.172. The summed E-state index contributed by atoms with van der Waals surface area (Å²) in [6.07, 6.45) is 15.1. The van der Waals surface area contributed by atoms with Gasteiger partial charge in [-0.25, -0.2) is 9.97 Å². The molecule has 0 radical (unpaired) electrons. The molecule has 2 heterocycles. The van der Waals surface area contributed by atoms with E-state index in [9.17, 15) is 0 Å². The minimum atomic E-state index is 0.778. The number of hydrogen-bond donors (Lipinski definition) is 0. The molecule has 0 fully saturated rings. The lowest BCUT2D eigenvalue weighted by Crippen LogP contribution is -2.00. The molecule has 0 amide bonds. The minimum absolute atomic E-state index is 0.778. The zero-order valence-electron chi connectivity index (χ0n) is 18.1. The van der Waals surface area contributed by atoms with Gasteiger partial charge in [0.05, 0.1) is 11.4 Å². The number of hydrogen-bond acceptors (Lipinski definition) is 3. The second kappa shape index (κ2) is 7.76. The van der Waals surface area contributed by atoms with Crippen LogP contribution in [-0.2, 0) is 6.42 Å². The average Bonchev–Trinajstić information content (AvgIpc) is 3.22. The van der Waals surface area contributed by atoms with Crippen molar-refractivity contribution >= 4 is 22.6 Å². The molecule has 2 aromatic carbocycles. The maximum Gasteiger partial charge on any atom is 0.160 e. The van der Waals surface area contributed by atoms with Crippen LogP contribution in [0.3, 0.4) is 0 Å². The molecule has 2 aliphatic rings. The Kier molecular flexibility index (Phi) is 4.61. The number of aryl methyl sites for hydroxylation is 2. The Balaban J connectivity index is 1.63. The number of benzene rings is 2. The van der Waals surface area contributed by atoms with Gasteiger partial charge in [0, 0.05) is 34.1 Å². The molecule has 0 N–H and O–H groups in total. The van der Waals surface area contributed by atoms with Crippen LogP contribution in [0, 0.1) is 6.92 Å². The fourth-order valence-corrected chi connectivity index (χ4v) is 4.67. The van der Waals surface area contributed by atoms with Crippen LogP contribution in [0.15, 0.2) is 77.3 Å². The number of nitrogens with zero attached hydrogens (tertiary/aromatic N) is 2. The van der Waals surface area contributed by atoms with Crippen LogP contribution in [-0.4, -0.2) is 9.97 Å². The Hall–Kier alpha value is -3.72. The largest absolute Gasteiger partial charge is 0.460 e. The molecular weight excluding hydrogens is 392 g/mol. The van der Waals surface area contributed by atoms with Crippen molar-refractivity contribution in [1.29, 1.82) is 0 Å². The summed E-state index contributed by atoms with van der Waals surface area (Å²) in [5, 5.41) is 1.15. The van der Waals surface area contributed by atoms with E-state index in [1.807, 2.05) is 6.07 Å². The lowest BCUT2D eigenvalue weighted by Gasteiger charge is -2.13. The molecule has 0 saturated carbocycles. The standard InChI is InChI=1S/C29H24N2O/c1-19-16-23(28-22-14-8-9-15-26(22)32-27(28)17-19)25-18-24(20-10-4-2-5-11-20)30-29(31-25)21-12-6-3-7-13-21/h2,4-6,8,10-14,16-18H,3,7,9,15H2,1H3. The lowest BCUT2D eigenvalue weighted by molar-refractivity contribution is 0.546. The lowest BCUT2D eigenvalue weighted by atomic mass is 9.95. The molecule has 4 aromatic rings. The van der Waals surface area contributed by atoms with Crippen molar-refractivity contribution in [2.24, 2.45) is 0 Å². The van der Waals surface area contributed by atoms with E-state index in [2.05, 4.69) is 79.8 Å². The normalized spacial score (nSPS) is 15.1. The summed E-state index contributed by atoms with van der Waals surface area (Å²) in [4.78, 5) is 10.0. The van der Waals surface area contributed by atoms with Gasteiger partial charge in [0.15, 0.2) is 5.82 Å². The molecular formula is C29H24N2O. The molecule has 0 atom stereocenters. The molecule has 0 bridgehead atoms. The van der Waals surface area contributed by atoms with Crippen molar-refractivity contribution in [3.63, 3.8) is 0 Å². The van der Waals surface area contributed by atoms with E-state index in [1.54, 1.807) is 0 Å². The van der Waals surface area contributed by atoms with Gasteiger partial charge in [0.25, 0.3) is 0 Å². The van der Waals surface area contributed by atoms with Gasteiger partial charge in [0.2, 0.25) is 0 Å². The van der Waals surface area contributed by atoms with E-state index in [1.165, 1.54) is 11.1 Å². The highest BCUT2D eigenvalue weighted by Crippen LogP contribution is 2.39. The summed E-state index contributed by atoms with van der Waals surface area (Å²) < 4.78 is 6.28. The van der Waals surface area contributed by atoms with Gasteiger partial charge in [-0.1, -0.05) is 60.7 Å². The van der Waals surface area contributed by atoms with Crippen molar-refractivity contribution in [3.8, 4) is 22.5 Å². The van der Waals surface area contributed by atoms with Gasteiger partial charge in [-0.3, -0.25) is 0 Å². The first-order chi connectivity index (χ1) is 15.8. The van der Waals surface area contributed by atoms with E-state index in [0.29, 0.717) is 0 Å². The van der Waals surface area contributed by atoms with E-state index in [0.717, 1.165) is 76.3 Å². The number of allylic oxidation sites excluding steroid dienone is 5. The van der Waals surface area contributed by atoms with Crippen LogP contribution >= 0.6 is 0 Å². The smallest absolute Gasteiger partial charge is 0.160 e. The zero-order chi connectivity index (χ0) is 21.5. The molecule has 156 valence electrons. The van der Waals surface area contributed by atoms with Crippen molar-refractivity contribution in [2.75, 3.05) is 0 Å². The molecule has 32 heavy (non-hydrogen) atoms. The Morgan fingerprint density at radius 3 is 2.53 bits per heavy atom. The molecule has 0 aliphatic heterocycles. The van der Waals surface area contributed by atoms with Gasteiger partial charge in [-0.15, -0.1) is 0 Å². The Labute approximate surface area is 187 Å². The second-order valence-corrected chi connectivity index (χ2v) is 8.53. The highest BCUT2D eigenvalue weighted by Gasteiger charge is 2.21. The summed E-state index contributed by atoms with van der Waals surface area (Å²) in [7, 11) is 0. The van der Waals surface area contributed by atoms with Crippen molar-refractivity contribution in [3.05, 3.63) is 95.5 Å². The predicted octanol–water partition coefficient (Wildman–Crippen LogP) is 7.56. The topological polar surface area (TPSA) is 38.9 Å². The Morgan fingerprint density at radius 1 is 0.844 bits per heavy atom. The SMILES string of the molecule is Cc1cc(-c2cc(-c3ccccc3)nc(C3=CCCC=C3)n2)c2c3c(oc2c1)CCC=C3. The third-order valence-corrected chi connectivity index (χ3v) is 6.20. The van der Waals surface area contributed by atoms with Gasteiger partial charge < -0.3 is 4.42 Å². The molecule has 0 unspecified atom stereocenters. The highest BCUT2D eigenvalue weighted by molar-refractivity contribution is 6.01. The maximum absolute atomic E-state index is 6.28. The van der Waals surface area contributed by atoms with E-state index < -0.39 is 0 Å². The molecule has 2 aliphatic carbocycles. The second-order valence-electron chi connectivity index (χ2n) is 8.53. The van der Waals surface area contributed by atoms with E-state index in [-0.39, 0.29) is 0 Å². The summed E-state index contributed by atoms with van der Waals surface area (Å²) >= 11 is 0. The third kappa shape index (κ3) is 3.31. The maximum atomic E-state index is 6.28. The Bertz CT molecular complexity index is 1420. The van der Waals surface area contributed by atoms with Crippen LogP contribution in [0.1, 0.15) is 42.0 Å². The van der Waals surface area contributed by atoms with Crippen molar-refractivity contribution in [1.82, 2.24) is 9.97 Å². The molecule has 3 nitrogen and oxygen atoms in total. The number of furan rings is 1. The average molecular weight is 417 g/mol. The minimum Gasteiger partial charge on any atom is -0.460 e. The number of rotatable bonds is 3. The van der Waals surface area contributed by atoms with Gasteiger partial charge in [-0.05, 0) is 49.9 Å². The number of aromatic nitrogens is 2. The molecule has 3 heteroatoms. The summed E-state index contributed by atoms with van der Waals surface area (Å²) in [5.41, 5.74) is 8.47. The number of fused-ring (bicyclic) bond motifs is 3. The van der Waals surface area contributed by atoms with Crippen molar-refractivity contribution < 1.29 is 4.42 Å². The zero-order valence-corrected chi connectivity index (χ0v) is 18.1. The van der Waals surface area contributed by atoms with Crippen LogP contribution in [0.4, 0.5) is 0 Å². The first-order valence-corrected chi connectivity index (χ1v) is 11.3. The highest BCUT2D eigenvalue weighted by atomic mass is 16.3. The molecule has 0 saturated heterocycles.